The van der Waals surface area contributed by atoms with Crippen LogP contribution in [-0.2, 0) is 16.5 Å². The number of carbonyl (C=O) groups is 2. The highest BCUT2D eigenvalue weighted by Crippen LogP contribution is 2.61. The van der Waals surface area contributed by atoms with E-state index in [0.29, 0.717) is 49.4 Å². The highest BCUT2D eigenvalue weighted by atomic mass is 35.5. The van der Waals surface area contributed by atoms with E-state index < -0.39 is 50.8 Å². The molecule has 55 heavy (non-hydrogen) atoms. The summed E-state index contributed by atoms with van der Waals surface area (Å²) < 4.78 is 44.2. The van der Waals surface area contributed by atoms with Crippen molar-refractivity contribution in [3.63, 3.8) is 0 Å². The van der Waals surface area contributed by atoms with E-state index in [4.69, 9.17) is 27.9 Å². The van der Waals surface area contributed by atoms with Crippen LogP contribution in [-0.4, -0.2) is 67.1 Å². The summed E-state index contributed by atoms with van der Waals surface area (Å²) in [5.41, 5.74) is 5.28. The zero-order valence-electron chi connectivity index (χ0n) is 30.2. The van der Waals surface area contributed by atoms with E-state index in [9.17, 15) is 32.8 Å². The molecular formula is C42H38Cl2N2O8S-2. The Kier molecular flexibility index (Phi) is 9.94. The highest BCUT2D eigenvalue weighted by molar-refractivity contribution is 7.85. The van der Waals surface area contributed by atoms with Gasteiger partial charge in [-0.25, -0.2) is 13.0 Å². The van der Waals surface area contributed by atoms with Crippen molar-refractivity contribution >= 4 is 67.4 Å². The molecule has 0 radical (unpaired) electrons. The van der Waals surface area contributed by atoms with Crippen molar-refractivity contribution in [2.75, 3.05) is 36.8 Å². The van der Waals surface area contributed by atoms with E-state index in [2.05, 4.69) is 22.5 Å². The second kappa shape index (κ2) is 14.6. The van der Waals surface area contributed by atoms with Gasteiger partial charge in [0.25, 0.3) is 0 Å². The molecule has 8 rings (SSSR count). The zero-order chi connectivity index (χ0) is 38.8. The smallest absolute Gasteiger partial charge is 0.214 e. The number of hydrogen-bond donors (Lipinski definition) is 0. The molecule has 3 aliphatic heterocycles. The van der Waals surface area contributed by atoms with Gasteiger partial charge in [-0.15, -0.1) is 0 Å². The summed E-state index contributed by atoms with van der Waals surface area (Å²) in [7, 11) is -4.42. The van der Waals surface area contributed by atoms with Gasteiger partial charge in [-0.05, 0) is 54.3 Å². The summed E-state index contributed by atoms with van der Waals surface area (Å²) in [6.45, 7) is 4.81. The lowest BCUT2D eigenvalue weighted by molar-refractivity contribution is -0.530. The molecule has 2 unspecified atom stereocenters. The first-order valence-corrected chi connectivity index (χ1v) is 21.1. The average molecular weight is 802 g/mol. The van der Waals surface area contributed by atoms with Gasteiger partial charge >= 0.3 is 0 Å². The number of unbranched alkanes of at least 4 members (excludes halogenated alkanes) is 1. The molecule has 0 saturated heterocycles. The number of carbonyl (C=O) groups excluding carboxylic acids is 2. The molecule has 0 amide bonds. The first-order chi connectivity index (χ1) is 26.4. The lowest BCUT2D eigenvalue weighted by atomic mass is 9.65. The number of aromatic carboxylic acids is 2. The lowest BCUT2D eigenvalue weighted by Crippen LogP contribution is -2.40. The number of benzene rings is 4. The van der Waals surface area contributed by atoms with Gasteiger partial charge in [0.05, 0.1) is 54.8 Å². The maximum absolute atomic E-state index is 13.2. The summed E-state index contributed by atoms with van der Waals surface area (Å²) in [5.74, 6) is -4.12. The van der Waals surface area contributed by atoms with Crippen LogP contribution in [0, 0.1) is 0 Å². The number of anilines is 1. The molecule has 0 N–H and O–H groups in total. The van der Waals surface area contributed by atoms with E-state index in [1.54, 1.807) is 0 Å². The van der Waals surface area contributed by atoms with E-state index in [1.807, 2.05) is 42.5 Å². The van der Waals surface area contributed by atoms with Crippen LogP contribution in [0.25, 0.3) is 10.8 Å². The molecule has 0 spiro atoms. The molecule has 1 aliphatic carbocycles. The number of carboxylic acid groups (broad SMARTS) is 2. The molecule has 4 aromatic rings. The van der Waals surface area contributed by atoms with Crippen molar-refractivity contribution in [3.05, 3.63) is 115 Å². The van der Waals surface area contributed by atoms with Crippen LogP contribution in [0.1, 0.15) is 106 Å². The summed E-state index contributed by atoms with van der Waals surface area (Å²) in [4.78, 5) is 28.2. The summed E-state index contributed by atoms with van der Waals surface area (Å²) >= 11 is 13.8. The Morgan fingerprint density at radius 1 is 0.945 bits per heavy atom. The van der Waals surface area contributed by atoms with Crippen molar-refractivity contribution in [1.82, 2.24) is 0 Å². The molecule has 4 aromatic carbocycles. The first-order valence-electron chi connectivity index (χ1n) is 18.7. The van der Waals surface area contributed by atoms with Crippen LogP contribution in [0.4, 0.5) is 5.69 Å². The van der Waals surface area contributed by atoms with Gasteiger partial charge in [0, 0.05) is 65.2 Å². The maximum atomic E-state index is 13.2. The normalized spacial score (nSPS) is 18.9. The standard InChI is InChI=1S/C42H40Cl2N2O8S/c1-2-3-17-45-18-8-15-27-37(45)25-13-6-4-11-23(25)31-34(35-33(42(49)50)30(43)22-29(36(35)44)41(47)48)32-24-12-5-7-14-26(24)38-28(40(32)54-39(27)31)16-9-19-46(38)20-10-21-55(51,52)53/h4-7,11-14,22,32,34H,2-3,8-10,15-21H2,1H3,(H2-,47,48,49,50,51,52,53)/p-2. The Bertz CT molecular complexity index is 2480. The van der Waals surface area contributed by atoms with Crippen molar-refractivity contribution < 1.29 is 42.1 Å². The summed E-state index contributed by atoms with van der Waals surface area (Å²) in [6, 6.07) is 16.7. The van der Waals surface area contributed by atoms with Crippen LogP contribution in [0.15, 0.2) is 65.9 Å². The minimum Gasteiger partial charge on any atom is -0.748 e. The second-order valence-electron chi connectivity index (χ2n) is 14.7. The number of rotatable bonds is 10. The minimum atomic E-state index is -4.42. The number of carboxylic acids is 2. The van der Waals surface area contributed by atoms with Crippen LogP contribution >= 0.6 is 23.2 Å². The Labute approximate surface area is 329 Å². The monoisotopic (exact) mass is 800 g/mol. The third-order valence-corrected chi connectivity index (χ3v) is 13.0. The third kappa shape index (κ3) is 6.39. The molecule has 4 aliphatic rings. The first kappa shape index (κ1) is 37.5. The van der Waals surface area contributed by atoms with Gasteiger partial charge in [-0.1, -0.05) is 79.0 Å². The predicted molar refractivity (Wildman–Crippen MR) is 206 cm³/mol. The minimum absolute atomic E-state index is 0.0105. The number of nitrogens with zero attached hydrogens (tertiary/aromatic N) is 2. The molecule has 0 aromatic heterocycles. The summed E-state index contributed by atoms with van der Waals surface area (Å²) in [5, 5.41) is 26.9. The van der Waals surface area contributed by atoms with Gasteiger partial charge in [0.2, 0.25) is 5.71 Å². The lowest BCUT2D eigenvalue weighted by Gasteiger charge is -2.44. The number of halogens is 2. The van der Waals surface area contributed by atoms with E-state index >= 15 is 0 Å². The molecule has 3 heterocycles. The van der Waals surface area contributed by atoms with Crippen LogP contribution in [0.2, 0.25) is 10.0 Å². The second-order valence-corrected chi connectivity index (χ2v) is 17.0. The molecule has 0 fully saturated rings. The fourth-order valence-electron chi connectivity index (χ4n) is 9.38. The molecule has 10 nitrogen and oxygen atoms in total. The Hall–Kier alpha value is -4.42. The predicted octanol–water partition coefficient (Wildman–Crippen LogP) is 5.53. The van der Waals surface area contributed by atoms with Crippen LogP contribution in [0.5, 0.6) is 5.75 Å². The van der Waals surface area contributed by atoms with Crippen LogP contribution < -0.4 is 19.8 Å². The quantitative estimate of drug-likeness (QED) is 0.149. The molecule has 2 atom stereocenters. The van der Waals surface area contributed by atoms with Crippen molar-refractivity contribution in [2.24, 2.45) is 0 Å². The largest absolute Gasteiger partial charge is 0.748 e. The third-order valence-electron chi connectivity index (χ3n) is 11.5. The van der Waals surface area contributed by atoms with Crippen LogP contribution in [0.3, 0.4) is 0 Å². The maximum Gasteiger partial charge on any atom is 0.214 e. The topological polar surface area (TPSA) is 153 Å². The zero-order valence-corrected chi connectivity index (χ0v) is 32.5. The van der Waals surface area contributed by atoms with Gasteiger partial charge in [0.15, 0.2) is 0 Å². The van der Waals surface area contributed by atoms with Crippen molar-refractivity contribution in [3.8, 4) is 5.75 Å². The Morgan fingerprint density at radius 2 is 1.69 bits per heavy atom. The molecule has 286 valence electrons. The van der Waals surface area contributed by atoms with Gasteiger partial charge in [-0.2, -0.15) is 0 Å². The van der Waals surface area contributed by atoms with E-state index in [-0.39, 0.29) is 22.0 Å². The van der Waals surface area contributed by atoms with Crippen molar-refractivity contribution in [1.29, 1.82) is 0 Å². The number of fused-ring (bicyclic) bond motifs is 11. The highest BCUT2D eigenvalue weighted by Gasteiger charge is 2.50. The Morgan fingerprint density at radius 3 is 2.42 bits per heavy atom. The molecule has 0 bridgehead atoms. The SMILES string of the molecule is CCCCN1CCCc2c3c(c4ccccc4c21)C(c1c(Cl)c(C(=O)[O-])cc(Cl)c1C(=O)[O-])C1C(=C2CCC[N+](CCCS(=O)(=O)[O-])=C2c2ccccc21)O3. The Balaban J connectivity index is 1.51. The number of allylic oxidation sites excluding steroid dienone is 2. The van der Waals surface area contributed by atoms with E-state index in [0.717, 1.165) is 82.9 Å². The van der Waals surface area contributed by atoms with Gasteiger partial charge < -0.3 is 34.0 Å². The summed E-state index contributed by atoms with van der Waals surface area (Å²) in [6.07, 6.45) is 5.01. The fraction of sp³-hybridized carbons (Fsp3) is 0.357. The fourth-order valence-corrected chi connectivity index (χ4v) is 10.5. The molecule has 0 saturated carbocycles. The molecular weight excluding hydrogens is 763 g/mol. The van der Waals surface area contributed by atoms with Crippen molar-refractivity contribution in [2.45, 2.75) is 63.7 Å². The molecule has 13 heteroatoms. The van der Waals surface area contributed by atoms with Gasteiger partial charge in [0.1, 0.15) is 24.6 Å². The van der Waals surface area contributed by atoms with E-state index in [1.165, 1.54) is 0 Å². The average Bonchev–Trinajstić information content (AvgIpc) is 3.16. The number of hydrogen-bond acceptors (Lipinski definition) is 9. The number of ether oxygens (including phenoxy) is 1. The van der Waals surface area contributed by atoms with Gasteiger partial charge in [-0.3, -0.25) is 0 Å².